The number of carbonyl (C=O) groups excluding carboxylic acids is 1. The number of aromatic nitrogens is 1. The third kappa shape index (κ3) is 2.92. The lowest BCUT2D eigenvalue weighted by molar-refractivity contribution is 0.102. The van der Waals surface area contributed by atoms with Crippen molar-refractivity contribution in [3.05, 3.63) is 41.0 Å². The molecule has 2 aromatic rings. The second-order valence-corrected chi connectivity index (χ2v) is 5.34. The van der Waals surface area contributed by atoms with Crippen molar-refractivity contribution in [1.29, 1.82) is 0 Å². The summed E-state index contributed by atoms with van der Waals surface area (Å²) in [7, 11) is 3.66. The fourth-order valence-electron chi connectivity index (χ4n) is 2.02. The Hall–Kier alpha value is -2.47. The molecule has 7 heteroatoms. The minimum atomic E-state index is -0.272. The summed E-state index contributed by atoms with van der Waals surface area (Å²) in [4.78, 5) is 18.3. The van der Waals surface area contributed by atoms with Gasteiger partial charge in [0, 0.05) is 31.4 Å². The third-order valence-corrected chi connectivity index (χ3v) is 3.33. The van der Waals surface area contributed by atoms with Crippen LogP contribution in [0.1, 0.15) is 10.4 Å². The van der Waals surface area contributed by atoms with Gasteiger partial charge < -0.3 is 19.7 Å². The summed E-state index contributed by atoms with van der Waals surface area (Å²) in [5.41, 5.74) is 1.05. The Labute approximate surface area is 132 Å². The number of pyridine rings is 1. The van der Waals surface area contributed by atoms with E-state index in [4.69, 9.17) is 21.1 Å². The monoisotopic (exact) mass is 319 g/mol. The van der Waals surface area contributed by atoms with Crippen LogP contribution in [0.2, 0.25) is 5.15 Å². The molecular weight excluding hydrogens is 306 g/mol. The molecule has 0 atom stereocenters. The molecule has 22 heavy (non-hydrogen) atoms. The Kier molecular flexibility index (Phi) is 3.77. The van der Waals surface area contributed by atoms with Gasteiger partial charge in [-0.25, -0.2) is 4.98 Å². The van der Waals surface area contributed by atoms with E-state index in [-0.39, 0.29) is 17.9 Å². The highest BCUT2D eigenvalue weighted by atomic mass is 35.5. The minimum absolute atomic E-state index is 0.193. The number of nitrogens with zero attached hydrogens (tertiary/aromatic N) is 2. The summed E-state index contributed by atoms with van der Waals surface area (Å²) in [6.45, 7) is 0.193. The van der Waals surface area contributed by atoms with E-state index in [1.807, 2.05) is 14.1 Å². The van der Waals surface area contributed by atoms with Crippen molar-refractivity contribution in [1.82, 2.24) is 4.98 Å². The predicted molar refractivity (Wildman–Crippen MR) is 84.1 cm³/mol. The van der Waals surface area contributed by atoms with Crippen molar-refractivity contribution in [2.45, 2.75) is 0 Å². The van der Waals surface area contributed by atoms with Crippen molar-refractivity contribution >= 4 is 29.0 Å². The third-order valence-electron chi connectivity index (χ3n) is 3.13. The molecule has 0 radical (unpaired) electrons. The summed E-state index contributed by atoms with van der Waals surface area (Å²) >= 11 is 5.96. The molecule has 0 saturated heterocycles. The van der Waals surface area contributed by atoms with E-state index in [1.165, 1.54) is 6.07 Å². The molecule has 1 aromatic heterocycles. The largest absolute Gasteiger partial charge is 0.454 e. The average molecular weight is 320 g/mol. The molecule has 0 unspecified atom stereocenters. The Balaban J connectivity index is 1.82. The minimum Gasteiger partial charge on any atom is -0.454 e. The number of rotatable bonds is 3. The number of amides is 1. The van der Waals surface area contributed by atoms with Crippen LogP contribution in [-0.4, -0.2) is 31.8 Å². The fraction of sp³-hybridized carbons (Fsp3) is 0.200. The van der Waals surface area contributed by atoms with Gasteiger partial charge in [-0.15, -0.1) is 0 Å². The van der Waals surface area contributed by atoms with E-state index in [9.17, 15) is 4.79 Å². The zero-order valence-corrected chi connectivity index (χ0v) is 12.8. The van der Waals surface area contributed by atoms with Gasteiger partial charge in [0.1, 0.15) is 11.0 Å². The maximum absolute atomic E-state index is 12.4. The van der Waals surface area contributed by atoms with Crippen molar-refractivity contribution in [2.24, 2.45) is 0 Å². The highest BCUT2D eigenvalue weighted by molar-refractivity contribution is 6.30. The smallest absolute Gasteiger partial charge is 0.255 e. The SMILES string of the molecule is CN(C)c1cc(C(=O)Nc2ccc3c(c2)OCO3)cc(Cl)n1. The lowest BCUT2D eigenvalue weighted by atomic mass is 10.2. The van der Waals surface area contributed by atoms with Crippen molar-refractivity contribution in [2.75, 3.05) is 31.1 Å². The van der Waals surface area contributed by atoms with Gasteiger partial charge in [0.05, 0.1) is 0 Å². The number of hydrogen-bond donors (Lipinski definition) is 1. The molecule has 0 fully saturated rings. The van der Waals surface area contributed by atoms with E-state index >= 15 is 0 Å². The summed E-state index contributed by atoms with van der Waals surface area (Å²) in [6.07, 6.45) is 0. The quantitative estimate of drug-likeness (QED) is 0.881. The van der Waals surface area contributed by atoms with Gasteiger partial charge in [0.2, 0.25) is 6.79 Å². The van der Waals surface area contributed by atoms with Crippen molar-refractivity contribution < 1.29 is 14.3 Å². The molecule has 0 spiro atoms. The highest BCUT2D eigenvalue weighted by Crippen LogP contribution is 2.34. The molecule has 2 heterocycles. The molecule has 0 aliphatic carbocycles. The van der Waals surface area contributed by atoms with Crippen LogP contribution in [0, 0.1) is 0 Å². The maximum atomic E-state index is 12.4. The first-order valence-electron chi connectivity index (χ1n) is 6.59. The first kappa shape index (κ1) is 14.5. The summed E-state index contributed by atoms with van der Waals surface area (Å²) in [6, 6.07) is 8.42. The summed E-state index contributed by atoms with van der Waals surface area (Å²) < 4.78 is 10.5. The average Bonchev–Trinajstić information content (AvgIpc) is 2.94. The lowest BCUT2D eigenvalue weighted by Gasteiger charge is -2.13. The van der Waals surface area contributed by atoms with Gasteiger partial charge in [0.15, 0.2) is 11.5 Å². The zero-order chi connectivity index (χ0) is 15.7. The zero-order valence-electron chi connectivity index (χ0n) is 12.1. The molecule has 1 N–H and O–H groups in total. The number of ether oxygens (including phenoxy) is 2. The standard InChI is InChI=1S/C15H14ClN3O3/c1-19(2)14-6-9(5-13(16)18-14)15(20)17-10-3-4-11-12(7-10)22-8-21-11/h3-7H,8H2,1-2H3,(H,17,20). The van der Waals surface area contributed by atoms with Gasteiger partial charge in [-0.2, -0.15) is 0 Å². The second kappa shape index (κ2) is 5.73. The molecule has 1 aliphatic rings. The van der Waals surface area contributed by atoms with Gasteiger partial charge in [-0.05, 0) is 24.3 Å². The van der Waals surface area contributed by atoms with E-state index < -0.39 is 0 Å². The Morgan fingerprint density at radius 2 is 2.00 bits per heavy atom. The van der Waals surface area contributed by atoms with Crippen molar-refractivity contribution in [3.8, 4) is 11.5 Å². The second-order valence-electron chi connectivity index (χ2n) is 4.95. The molecule has 1 aromatic carbocycles. The number of halogens is 1. The predicted octanol–water partition coefficient (Wildman–Crippen LogP) is 2.78. The molecule has 0 saturated carbocycles. The van der Waals surface area contributed by atoms with Crippen LogP contribution in [0.15, 0.2) is 30.3 Å². The highest BCUT2D eigenvalue weighted by Gasteiger charge is 2.15. The number of hydrogen-bond acceptors (Lipinski definition) is 5. The van der Waals surface area contributed by atoms with Crippen LogP contribution in [0.25, 0.3) is 0 Å². The molecule has 0 bridgehead atoms. The number of anilines is 2. The number of carbonyl (C=O) groups is 1. The molecule has 3 rings (SSSR count). The van der Waals surface area contributed by atoms with Crippen molar-refractivity contribution in [3.63, 3.8) is 0 Å². The Morgan fingerprint density at radius 1 is 1.23 bits per heavy atom. The normalized spacial score (nSPS) is 12.1. The van der Waals surface area contributed by atoms with Crippen LogP contribution < -0.4 is 19.7 Å². The molecular formula is C15H14ClN3O3. The first-order valence-corrected chi connectivity index (χ1v) is 6.96. The number of benzene rings is 1. The van der Waals surface area contributed by atoms with E-state index in [0.29, 0.717) is 28.6 Å². The maximum Gasteiger partial charge on any atom is 0.255 e. The van der Waals surface area contributed by atoms with E-state index in [1.54, 1.807) is 29.2 Å². The van der Waals surface area contributed by atoms with Gasteiger partial charge >= 0.3 is 0 Å². The first-order chi connectivity index (χ1) is 10.5. The molecule has 114 valence electrons. The lowest BCUT2D eigenvalue weighted by Crippen LogP contribution is -2.15. The number of fused-ring (bicyclic) bond motifs is 1. The topological polar surface area (TPSA) is 63.7 Å². The molecule has 1 aliphatic heterocycles. The van der Waals surface area contributed by atoms with Crippen LogP contribution >= 0.6 is 11.6 Å². The van der Waals surface area contributed by atoms with Crippen LogP contribution in [0.4, 0.5) is 11.5 Å². The van der Waals surface area contributed by atoms with E-state index in [0.717, 1.165) is 0 Å². The molecule has 1 amide bonds. The molecule has 6 nitrogen and oxygen atoms in total. The van der Waals surface area contributed by atoms with Crippen LogP contribution in [0.5, 0.6) is 11.5 Å². The fourth-order valence-corrected chi connectivity index (χ4v) is 2.22. The van der Waals surface area contributed by atoms with Crippen LogP contribution in [-0.2, 0) is 0 Å². The summed E-state index contributed by atoms with van der Waals surface area (Å²) in [5.74, 6) is 1.62. The number of nitrogens with one attached hydrogen (secondary N) is 1. The van der Waals surface area contributed by atoms with E-state index in [2.05, 4.69) is 10.3 Å². The van der Waals surface area contributed by atoms with Gasteiger partial charge in [-0.3, -0.25) is 4.79 Å². The van der Waals surface area contributed by atoms with Gasteiger partial charge in [0.25, 0.3) is 5.91 Å². The summed E-state index contributed by atoms with van der Waals surface area (Å²) in [5, 5.41) is 3.07. The van der Waals surface area contributed by atoms with Gasteiger partial charge in [-0.1, -0.05) is 11.6 Å². The Morgan fingerprint density at radius 3 is 2.77 bits per heavy atom. The Bertz CT molecular complexity index is 734. The van der Waals surface area contributed by atoms with Crippen LogP contribution in [0.3, 0.4) is 0 Å².